The summed E-state index contributed by atoms with van der Waals surface area (Å²) in [7, 11) is 5.99. The average molecular weight is 566 g/mol. The van der Waals surface area contributed by atoms with Crippen LogP contribution in [0.25, 0.3) is 0 Å². The number of aromatic nitrogens is 3. The Morgan fingerprint density at radius 3 is 2.36 bits per heavy atom. The van der Waals surface area contributed by atoms with Crippen molar-refractivity contribution in [2.75, 3.05) is 49.8 Å². The van der Waals surface area contributed by atoms with Crippen LogP contribution in [0.15, 0.2) is 18.2 Å². The molecule has 0 radical (unpaired) electrons. The molecular weight excluding hydrogens is 529 g/mol. The summed E-state index contributed by atoms with van der Waals surface area (Å²) in [5, 5.41) is 7.02. The van der Waals surface area contributed by atoms with Crippen LogP contribution in [0.1, 0.15) is 51.4 Å². The lowest BCUT2D eigenvalue weighted by atomic mass is 10.0. The maximum atomic E-state index is 5.39. The van der Waals surface area contributed by atoms with Crippen LogP contribution < -0.4 is 20.3 Å². The Morgan fingerprint density at radius 1 is 1.00 bits per heavy atom. The van der Waals surface area contributed by atoms with Gasteiger partial charge in [0.1, 0.15) is 5.75 Å². The summed E-state index contributed by atoms with van der Waals surface area (Å²) < 4.78 is 6.43. The third-order valence-electron chi connectivity index (χ3n) is 6.77. The van der Waals surface area contributed by atoms with Crippen molar-refractivity contribution >= 4 is 46.1 Å². The number of nitrogens with one attached hydrogen (secondary N) is 2. The van der Waals surface area contributed by atoms with E-state index in [0.29, 0.717) is 24.0 Å². The zero-order chi connectivity index (χ0) is 23.2. The molecule has 4 rings (SSSR count). The third-order valence-corrected chi connectivity index (χ3v) is 7.61. The van der Waals surface area contributed by atoms with Crippen molar-refractivity contribution in [1.82, 2.24) is 19.9 Å². The minimum absolute atomic E-state index is 0.422. The Labute approximate surface area is 211 Å². The first-order chi connectivity index (χ1) is 16.0. The van der Waals surface area contributed by atoms with Crippen molar-refractivity contribution in [3.63, 3.8) is 0 Å². The lowest BCUT2D eigenvalue weighted by Crippen LogP contribution is -2.42. The molecule has 33 heavy (non-hydrogen) atoms. The van der Waals surface area contributed by atoms with Gasteiger partial charge in [-0.2, -0.15) is 15.0 Å². The molecular formula is C24H36IN7O. The zero-order valence-corrected chi connectivity index (χ0v) is 22.1. The van der Waals surface area contributed by atoms with Crippen LogP contribution in [0, 0.1) is 3.57 Å². The number of benzene rings is 1. The van der Waals surface area contributed by atoms with Crippen LogP contribution in [0.5, 0.6) is 5.75 Å². The van der Waals surface area contributed by atoms with Gasteiger partial charge in [-0.1, -0.05) is 25.7 Å². The first kappa shape index (κ1) is 24.3. The number of methoxy groups -OCH3 is 1. The summed E-state index contributed by atoms with van der Waals surface area (Å²) in [6, 6.07) is 6.85. The number of ether oxygens (including phenoxy) is 1. The van der Waals surface area contributed by atoms with Crippen molar-refractivity contribution in [1.29, 1.82) is 0 Å². The Balaban J connectivity index is 1.58. The topological polar surface area (TPSA) is 78.4 Å². The molecule has 2 fully saturated rings. The average Bonchev–Trinajstić information content (AvgIpc) is 3.08. The quantitative estimate of drug-likeness (QED) is 0.363. The van der Waals surface area contributed by atoms with Crippen LogP contribution in [-0.4, -0.2) is 66.2 Å². The number of likely N-dealkylation sites (tertiary alicyclic amines) is 1. The normalized spacial score (nSPS) is 18.5. The first-order valence-corrected chi connectivity index (χ1v) is 13.1. The standard InChI is InChI=1S/C24H36IN7O/c1-31-14-12-19(13-15-31)32(2)24-29-22(26-17-8-6-4-5-7-9-17)28-23(30-24)27-18-10-11-21(33-3)20(25)16-18/h10-11,16-17,19H,4-9,12-15H2,1-3H3,(H2,26,27,28,29,30). The van der Waals surface area contributed by atoms with E-state index in [1.54, 1.807) is 7.11 Å². The maximum Gasteiger partial charge on any atom is 0.233 e. The number of halogens is 1. The molecule has 1 aliphatic heterocycles. The number of nitrogens with zero attached hydrogens (tertiary/aromatic N) is 5. The van der Waals surface area contributed by atoms with Gasteiger partial charge < -0.3 is 25.2 Å². The fourth-order valence-electron chi connectivity index (χ4n) is 4.67. The highest BCUT2D eigenvalue weighted by molar-refractivity contribution is 14.1. The van der Waals surface area contributed by atoms with Gasteiger partial charge in [-0.3, -0.25) is 0 Å². The Hall–Kier alpha value is -1.88. The van der Waals surface area contributed by atoms with Gasteiger partial charge in [0, 0.05) is 24.8 Å². The summed E-state index contributed by atoms with van der Waals surface area (Å²) in [5.74, 6) is 2.81. The van der Waals surface area contributed by atoms with Gasteiger partial charge >= 0.3 is 0 Å². The second kappa shape index (κ2) is 11.5. The number of anilines is 4. The van der Waals surface area contributed by atoms with Gasteiger partial charge in [-0.05, 0) is 86.6 Å². The highest BCUT2D eigenvalue weighted by Gasteiger charge is 2.24. The zero-order valence-electron chi connectivity index (χ0n) is 20.0. The van der Waals surface area contributed by atoms with Crippen LogP contribution in [0.2, 0.25) is 0 Å². The number of rotatable bonds is 7. The minimum atomic E-state index is 0.422. The molecule has 0 amide bonds. The van der Waals surface area contributed by atoms with E-state index in [9.17, 15) is 0 Å². The van der Waals surface area contributed by atoms with E-state index < -0.39 is 0 Å². The van der Waals surface area contributed by atoms with E-state index in [1.807, 2.05) is 18.2 Å². The molecule has 2 aromatic rings. The fraction of sp³-hybridized carbons (Fsp3) is 0.625. The Morgan fingerprint density at radius 2 is 1.70 bits per heavy atom. The van der Waals surface area contributed by atoms with Crippen molar-refractivity contribution < 1.29 is 4.74 Å². The van der Waals surface area contributed by atoms with Crippen molar-refractivity contribution in [3.05, 3.63) is 21.8 Å². The number of piperidine rings is 1. The van der Waals surface area contributed by atoms with Gasteiger partial charge in [0.15, 0.2) is 0 Å². The summed E-state index contributed by atoms with van der Waals surface area (Å²) in [6.07, 6.45) is 9.75. The van der Waals surface area contributed by atoms with E-state index in [4.69, 9.17) is 19.7 Å². The molecule has 1 saturated carbocycles. The Kier molecular flexibility index (Phi) is 8.45. The van der Waals surface area contributed by atoms with E-state index in [2.05, 4.69) is 57.1 Å². The van der Waals surface area contributed by atoms with Crippen molar-refractivity contribution in [2.24, 2.45) is 0 Å². The fourth-order valence-corrected chi connectivity index (χ4v) is 5.40. The van der Waals surface area contributed by atoms with Gasteiger partial charge in [0.25, 0.3) is 0 Å². The molecule has 9 heteroatoms. The molecule has 2 N–H and O–H groups in total. The maximum absolute atomic E-state index is 5.39. The lowest BCUT2D eigenvalue weighted by Gasteiger charge is -2.35. The molecule has 180 valence electrons. The molecule has 0 spiro atoms. The lowest BCUT2D eigenvalue weighted by molar-refractivity contribution is 0.252. The Bertz CT molecular complexity index is 912. The molecule has 1 aliphatic carbocycles. The van der Waals surface area contributed by atoms with Crippen molar-refractivity contribution in [3.8, 4) is 5.75 Å². The summed E-state index contributed by atoms with van der Waals surface area (Å²) >= 11 is 2.28. The van der Waals surface area contributed by atoms with Crippen LogP contribution in [-0.2, 0) is 0 Å². The highest BCUT2D eigenvalue weighted by Crippen LogP contribution is 2.27. The monoisotopic (exact) mass is 565 g/mol. The first-order valence-electron chi connectivity index (χ1n) is 12.1. The van der Waals surface area contributed by atoms with Gasteiger partial charge in [-0.15, -0.1) is 0 Å². The molecule has 1 aromatic carbocycles. The molecule has 2 heterocycles. The molecule has 0 unspecified atom stereocenters. The molecule has 0 bridgehead atoms. The number of hydrogen-bond donors (Lipinski definition) is 2. The van der Waals surface area contributed by atoms with Crippen LogP contribution >= 0.6 is 22.6 Å². The molecule has 8 nitrogen and oxygen atoms in total. The number of hydrogen-bond acceptors (Lipinski definition) is 8. The molecule has 0 atom stereocenters. The SMILES string of the molecule is COc1ccc(Nc2nc(NC3CCCCCC3)nc(N(C)C3CCN(C)CC3)n2)cc1I. The van der Waals surface area contributed by atoms with E-state index in [0.717, 1.165) is 46.9 Å². The second-order valence-electron chi connectivity index (χ2n) is 9.24. The summed E-state index contributed by atoms with van der Waals surface area (Å²) in [4.78, 5) is 19.0. The summed E-state index contributed by atoms with van der Waals surface area (Å²) in [6.45, 7) is 2.20. The van der Waals surface area contributed by atoms with Crippen LogP contribution in [0.4, 0.5) is 23.5 Å². The smallest absolute Gasteiger partial charge is 0.233 e. The molecule has 1 aromatic heterocycles. The van der Waals surface area contributed by atoms with Gasteiger partial charge in [0.05, 0.1) is 10.7 Å². The van der Waals surface area contributed by atoms with Gasteiger partial charge in [-0.25, -0.2) is 0 Å². The predicted octanol–water partition coefficient (Wildman–Crippen LogP) is 4.89. The van der Waals surface area contributed by atoms with Crippen LogP contribution in [0.3, 0.4) is 0 Å². The largest absolute Gasteiger partial charge is 0.496 e. The van der Waals surface area contributed by atoms with Crippen molar-refractivity contribution in [2.45, 2.75) is 63.5 Å². The minimum Gasteiger partial charge on any atom is -0.496 e. The third kappa shape index (κ3) is 6.59. The second-order valence-corrected chi connectivity index (χ2v) is 10.4. The molecule has 1 saturated heterocycles. The van der Waals surface area contributed by atoms with E-state index in [-0.39, 0.29) is 0 Å². The highest BCUT2D eigenvalue weighted by atomic mass is 127. The van der Waals surface area contributed by atoms with Gasteiger partial charge in [0.2, 0.25) is 17.8 Å². The molecule has 2 aliphatic rings. The predicted molar refractivity (Wildman–Crippen MR) is 143 cm³/mol. The van der Waals surface area contributed by atoms with E-state index >= 15 is 0 Å². The summed E-state index contributed by atoms with van der Waals surface area (Å²) in [5.41, 5.74) is 0.930. The van der Waals surface area contributed by atoms with E-state index in [1.165, 1.54) is 38.5 Å².